The summed E-state index contributed by atoms with van der Waals surface area (Å²) in [7, 11) is 0. The van der Waals surface area contributed by atoms with Gasteiger partial charge in [-0.15, -0.1) is 0 Å². The lowest BCUT2D eigenvalue weighted by molar-refractivity contribution is -0.192. The molecule has 0 aromatic heterocycles. The third-order valence-corrected chi connectivity index (χ3v) is 3.32. The highest BCUT2D eigenvalue weighted by molar-refractivity contribution is 5.73. The van der Waals surface area contributed by atoms with Crippen LogP contribution in [0.1, 0.15) is 18.4 Å². The second kappa shape index (κ2) is 8.21. The predicted octanol–water partition coefficient (Wildman–Crippen LogP) is 2.52. The molecule has 2 rings (SSSR count). The normalized spacial score (nSPS) is 16.6. The third-order valence-electron chi connectivity index (χ3n) is 3.32. The lowest BCUT2D eigenvalue weighted by Gasteiger charge is -2.30. The minimum absolute atomic E-state index is 0.165. The van der Waals surface area contributed by atoms with E-state index in [0.717, 1.165) is 25.9 Å². The highest BCUT2D eigenvalue weighted by Crippen LogP contribution is 2.17. The number of benzene rings is 1. The Morgan fingerprint density at radius 1 is 1.22 bits per heavy atom. The molecule has 1 aromatic carbocycles. The lowest BCUT2D eigenvalue weighted by Crippen LogP contribution is -2.39. The maximum Gasteiger partial charge on any atom is 0.490 e. The zero-order chi connectivity index (χ0) is 17.6. The number of alkyl halides is 3. The first-order chi connectivity index (χ1) is 10.6. The molecule has 0 amide bonds. The lowest BCUT2D eigenvalue weighted by atomic mass is 10.1. The van der Waals surface area contributed by atoms with Crippen molar-refractivity contribution in [3.63, 3.8) is 0 Å². The number of halogens is 5. The number of rotatable bonds is 2. The molecule has 1 aliphatic rings. The molecule has 23 heavy (non-hydrogen) atoms. The molecule has 1 aromatic rings. The van der Waals surface area contributed by atoms with Crippen molar-refractivity contribution in [2.24, 2.45) is 5.73 Å². The maximum absolute atomic E-state index is 13.4. The fourth-order valence-electron chi connectivity index (χ4n) is 2.02. The smallest absolute Gasteiger partial charge is 0.475 e. The van der Waals surface area contributed by atoms with E-state index in [2.05, 4.69) is 0 Å². The van der Waals surface area contributed by atoms with Gasteiger partial charge < -0.3 is 10.8 Å². The minimum Gasteiger partial charge on any atom is -0.475 e. The van der Waals surface area contributed by atoms with Gasteiger partial charge in [0.1, 0.15) is 11.6 Å². The van der Waals surface area contributed by atoms with E-state index in [1.165, 1.54) is 18.2 Å². The fraction of sp³-hybridized carbons (Fsp3) is 0.500. The van der Waals surface area contributed by atoms with E-state index in [-0.39, 0.29) is 11.6 Å². The van der Waals surface area contributed by atoms with Gasteiger partial charge in [-0.1, -0.05) is 6.07 Å². The van der Waals surface area contributed by atoms with Gasteiger partial charge in [-0.25, -0.2) is 13.6 Å². The van der Waals surface area contributed by atoms with E-state index in [0.29, 0.717) is 6.54 Å². The predicted molar refractivity (Wildman–Crippen MR) is 72.5 cm³/mol. The molecule has 0 saturated carbocycles. The highest BCUT2D eigenvalue weighted by Gasteiger charge is 2.38. The van der Waals surface area contributed by atoms with Crippen molar-refractivity contribution in [1.82, 2.24) is 4.90 Å². The molecular formula is C14H17F5N2O2. The largest absolute Gasteiger partial charge is 0.490 e. The standard InChI is InChI=1S/C12H16F2N2.C2HF3O2/c13-11-2-1-3-12(14)10(11)8-16-6-4-9(15)5-7-16;3-2(4,5)1(6)7/h1-3,9H,4-8,15H2;(H,6,7). The molecule has 0 atom stereocenters. The average Bonchev–Trinajstić information content (AvgIpc) is 2.45. The van der Waals surface area contributed by atoms with Crippen LogP contribution in [0.25, 0.3) is 0 Å². The number of nitrogens with zero attached hydrogens (tertiary/aromatic N) is 1. The van der Waals surface area contributed by atoms with Crippen molar-refractivity contribution in [2.45, 2.75) is 31.6 Å². The summed E-state index contributed by atoms with van der Waals surface area (Å²) in [6.45, 7) is 1.97. The minimum atomic E-state index is -5.08. The molecule has 130 valence electrons. The van der Waals surface area contributed by atoms with Crippen molar-refractivity contribution >= 4 is 5.97 Å². The first-order valence-electron chi connectivity index (χ1n) is 6.82. The Hall–Kier alpha value is -1.74. The van der Waals surface area contributed by atoms with E-state index < -0.39 is 23.8 Å². The topological polar surface area (TPSA) is 66.6 Å². The van der Waals surface area contributed by atoms with E-state index in [1.54, 1.807) is 0 Å². The second-order valence-corrected chi connectivity index (χ2v) is 5.12. The third kappa shape index (κ3) is 6.49. The highest BCUT2D eigenvalue weighted by atomic mass is 19.4. The van der Waals surface area contributed by atoms with E-state index in [9.17, 15) is 22.0 Å². The monoisotopic (exact) mass is 340 g/mol. The Morgan fingerprint density at radius 3 is 2.04 bits per heavy atom. The van der Waals surface area contributed by atoms with Crippen LogP contribution in [-0.4, -0.2) is 41.3 Å². The van der Waals surface area contributed by atoms with Crippen molar-refractivity contribution < 1.29 is 31.9 Å². The van der Waals surface area contributed by atoms with Crippen molar-refractivity contribution in [1.29, 1.82) is 0 Å². The van der Waals surface area contributed by atoms with Gasteiger partial charge >= 0.3 is 12.1 Å². The first-order valence-corrected chi connectivity index (χ1v) is 6.82. The zero-order valence-corrected chi connectivity index (χ0v) is 12.1. The number of carbonyl (C=O) groups is 1. The molecule has 9 heteroatoms. The molecule has 0 spiro atoms. The molecular weight excluding hydrogens is 323 g/mol. The van der Waals surface area contributed by atoms with Crippen LogP contribution >= 0.6 is 0 Å². The van der Waals surface area contributed by atoms with Crippen molar-refractivity contribution in [3.05, 3.63) is 35.4 Å². The molecule has 0 aliphatic carbocycles. The summed E-state index contributed by atoms with van der Waals surface area (Å²) in [5, 5.41) is 7.12. The van der Waals surface area contributed by atoms with Crippen LogP contribution in [0.3, 0.4) is 0 Å². The van der Waals surface area contributed by atoms with Crippen LogP contribution < -0.4 is 5.73 Å². The number of aliphatic carboxylic acids is 1. The Kier molecular flexibility index (Phi) is 6.89. The summed E-state index contributed by atoms with van der Waals surface area (Å²) in [6, 6.07) is 4.23. The van der Waals surface area contributed by atoms with Crippen LogP contribution in [-0.2, 0) is 11.3 Å². The SMILES string of the molecule is NC1CCN(Cc2c(F)cccc2F)CC1.O=C(O)C(F)(F)F. The Morgan fingerprint density at radius 2 is 1.65 bits per heavy atom. The van der Waals surface area contributed by atoms with E-state index >= 15 is 0 Å². The quantitative estimate of drug-likeness (QED) is 0.812. The summed E-state index contributed by atoms with van der Waals surface area (Å²) in [6.07, 6.45) is -3.29. The maximum atomic E-state index is 13.4. The number of piperidine rings is 1. The van der Waals surface area contributed by atoms with Gasteiger partial charge in [-0.2, -0.15) is 13.2 Å². The molecule has 0 unspecified atom stereocenters. The van der Waals surface area contributed by atoms with Crippen molar-refractivity contribution in [2.75, 3.05) is 13.1 Å². The Balaban J connectivity index is 0.000000322. The average molecular weight is 340 g/mol. The van der Waals surface area contributed by atoms with Crippen LogP contribution in [0.4, 0.5) is 22.0 Å². The van der Waals surface area contributed by atoms with Gasteiger partial charge in [-0.3, -0.25) is 4.90 Å². The number of carboxylic acid groups (broad SMARTS) is 1. The molecule has 0 bridgehead atoms. The van der Waals surface area contributed by atoms with Crippen LogP contribution in [0, 0.1) is 11.6 Å². The van der Waals surface area contributed by atoms with E-state index in [1.807, 2.05) is 4.90 Å². The molecule has 3 N–H and O–H groups in total. The molecule has 1 heterocycles. The van der Waals surface area contributed by atoms with Crippen LogP contribution in [0.2, 0.25) is 0 Å². The molecule has 1 fully saturated rings. The Labute approximate surface area is 129 Å². The van der Waals surface area contributed by atoms with Crippen molar-refractivity contribution in [3.8, 4) is 0 Å². The molecule has 4 nitrogen and oxygen atoms in total. The number of likely N-dealkylation sites (tertiary alicyclic amines) is 1. The Bertz CT molecular complexity index is 508. The van der Waals surface area contributed by atoms with Gasteiger partial charge in [0.25, 0.3) is 0 Å². The van der Waals surface area contributed by atoms with Gasteiger partial charge in [-0.05, 0) is 38.1 Å². The van der Waals surface area contributed by atoms with Crippen LogP contribution in [0.15, 0.2) is 18.2 Å². The summed E-state index contributed by atoms with van der Waals surface area (Å²) in [5.41, 5.74) is 5.94. The zero-order valence-electron chi connectivity index (χ0n) is 12.1. The summed E-state index contributed by atoms with van der Waals surface area (Å²) in [4.78, 5) is 10.9. The van der Waals surface area contributed by atoms with E-state index in [4.69, 9.17) is 15.6 Å². The second-order valence-electron chi connectivity index (χ2n) is 5.12. The van der Waals surface area contributed by atoms with Gasteiger partial charge in [0.2, 0.25) is 0 Å². The molecule has 1 saturated heterocycles. The summed E-state index contributed by atoms with van der Waals surface area (Å²) in [5.74, 6) is -3.68. The number of hydrogen-bond acceptors (Lipinski definition) is 3. The van der Waals surface area contributed by atoms with Gasteiger partial charge in [0, 0.05) is 18.2 Å². The first kappa shape index (κ1) is 19.3. The molecule has 0 radical (unpaired) electrons. The summed E-state index contributed by atoms with van der Waals surface area (Å²) < 4.78 is 58.5. The fourth-order valence-corrected chi connectivity index (χ4v) is 2.02. The number of carboxylic acids is 1. The number of hydrogen-bond donors (Lipinski definition) is 2. The van der Waals surface area contributed by atoms with Crippen LogP contribution in [0.5, 0.6) is 0 Å². The van der Waals surface area contributed by atoms with Gasteiger partial charge in [0.05, 0.1) is 0 Å². The summed E-state index contributed by atoms with van der Waals surface area (Å²) >= 11 is 0. The van der Waals surface area contributed by atoms with Gasteiger partial charge in [0.15, 0.2) is 0 Å². The number of nitrogens with two attached hydrogens (primary N) is 1. The molecule has 1 aliphatic heterocycles.